The average molecular weight is 273 g/mol. The summed E-state index contributed by atoms with van der Waals surface area (Å²) in [4.78, 5) is 23.4. The van der Waals surface area contributed by atoms with Gasteiger partial charge in [0.15, 0.2) is 0 Å². The number of hydrogen-bond acceptors (Lipinski definition) is 5. The lowest BCUT2D eigenvalue weighted by molar-refractivity contribution is -0.402. The lowest BCUT2D eigenvalue weighted by Gasteiger charge is -1.91. The third-order valence-corrected chi connectivity index (χ3v) is 3.74. The molecule has 0 amide bonds. The first-order valence-corrected chi connectivity index (χ1v) is 6.24. The Morgan fingerprint density at radius 1 is 1.21 bits per heavy atom. The number of nitro groups is 1. The van der Waals surface area contributed by atoms with E-state index in [0.29, 0.717) is 16.2 Å². The van der Waals surface area contributed by atoms with E-state index in [1.54, 1.807) is 12.1 Å². The summed E-state index contributed by atoms with van der Waals surface area (Å²) in [6.45, 7) is 0. The van der Waals surface area contributed by atoms with Crippen LogP contribution in [0.5, 0.6) is 0 Å². The van der Waals surface area contributed by atoms with Crippen molar-refractivity contribution in [3.63, 3.8) is 0 Å². The third-order valence-electron chi connectivity index (χ3n) is 2.64. The average Bonchev–Trinajstić information content (AvgIpc) is 2.97. The lowest BCUT2D eigenvalue weighted by Crippen LogP contribution is -1.93. The number of fused-ring (bicyclic) bond motifs is 1. The molecule has 1 aliphatic rings. The van der Waals surface area contributed by atoms with E-state index >= 15 is 0 Å². The summed E-state index contributed by atoms with van der Waals surface area (Å²) in [5.74, 6) is -0.116. The zero-order chi connectivity index (χ0) is 13.4. The van der Waals surface area contributed by atoms with Gasteiger partial charge in [0.1, 0.15) is 10.7 Å². The molecule has 1 aliphatic heterocycles. The Bertz CT molecular complexity index is 717. The van der Waals surface area contributed by atoms with E-state index in [2.05, 4.69) is 0 Å². The molecule has 2 heterocycles. The van der Waals surface area contributed by atoms with E-state index in [9.17, 15) is 14.9 Å². The van der Waals surface area contributed by atoms with Gasteiger partial charge >= 0.3 is 5.88 Å². The largest absolute Gasteiger partial charge is 0.433 e. The number of ketones is 1. The number of hydrogen-bond donors (Lipinski definition) is 0. The summed E-state index contributed by atoms with van der Waals surface area (Å²) in [5.41, 5.74) is 0.653. The van der Waals surface area contributed by atoms with E-state index in [1.165, 1.54) is 30.0 Å². The Hall–Kier alpha value is -2.34. The van der Waals surface area contributed by atoms with Crippen LogP contribution in [0.1, 0.15) is 16.1 Å². The fraction of sp³-hybridized carbons (Fsp3) is 0. The van der Waals surface area contributed by atoms with Crippen LogP contribution < -0.4 is 0 Å². The van der Waals surface area contributed by atoms with Crippen LogP contribution in [0.15, 0.2) is 50.6 Å². The molecule has 0 saturated carbocycles. The van der Waals surface area contributed by atoms with E-state index in [1.807, 2.05) is 12.1 Å². The van der Waals surface area contributed by atoms with Gasteiger partial charge in [-0.15, -0.1) is 0 Å². The number of allylic oxidation sites excluding steroid dienone is 1. The van der Waals surface area contributed by atoms with Crippen molar-refractivity contribution >= 4 is 29.5 Å². The minimum Gasteiger partial charge on any atom is -0.401 e. The van der Waals surface area contributed by atoms with Crippen LogP contribution in [0.25, 0.3) is 6.08 Å². The number of Topliss-reactive ketones (excluding diaryl/α,β-unsaturated/α-hetero) is 1. The molecular formula is C13H7NO4S. The zero-order valence-electron chi connectivity index (χ0n) is 9.53. The predicted molar refractivity (Wildman–Crippen MR) is 70.0 cm³/mol. The lowest BCUT2D eigenvalue weighted by atomic mass is 10.1. The van der Waals surface area contributed by atoms with Gasteiger partial charge in [-0.05, 0) is 24.3 Å². The summed E-state index contributed by atoms with van der Waals surface area (Å²) in [6.07, 6.45) is 1.53. The minimum absolute atomic E-state index is 0.0837. The van der Waals surface area contributed by atoms with Gasteiger partial charge in [0.25, 0.3) is 0 Å². The first-order chi connectivity index (χ1) is 9.15. The molecule has 0 unspecified atom stereocenters. The van der Waals surface area contributed by atoms with Gasteiger partial charge in [0.05, 0.1) is 11.0 Å². The first kappa shape index (κ1) is 11.7. The molecule has 0 atom stereocenters. The van der Waals surface area contributed by atoms with Crippen LogP contribution in [-0.2, 0) is 0 Å². The topological polar surface area (TPSA) is 73.3 Å². The molecule has 0 radical (unpaired) electrons. The number of carbonyl (C=O) groups is 1. The summed E-state index contributed by atoms with van der Waals surface area (Å²) in [6, 6.07) is 10.0. The SMILES string of the molecule is O=C1C(=Cc2ccc([N+](=O)[O-])o2)Sc2ccccc21. The quantitative estimate of drug-likeness (QED) is 0.475. The van der Waals surface area contributed by atoms with E-state index in [0.717, 1.165) is 4.90 Å². The minimum atomic E-state index is -0.611. The van der Waals surface area contributed by atoms with E-state index < -0.39 is 4.92 Å². The summed E-state index contributed by atoms with van der Waals surface area (Å²) < 4.78 is 5.01. The van der Waals surface area contributed by atoms with Gasteiger partial charge in [-0.3, -0.25) is 14.9 Å². The molecular weight excluding hydrogens is 266 g/mol. The molecule has 1 aromatic heterocycles. The Labute approximate surface area is 112 Å². The van der Waals surface area contributed by atoms with Crippen molar-refractivity contribution in [2.75, 3.05) is 0 Å². The highest BCUT2D eigenvalue weighted by atomic mass is 32.2. The third kappa shape index (κ3) is 2.06. The molecule has 2 aromatic rings. The number of furan rings is 1. The van der Waals surface area contributed by atoms with E-state index in [4.69, 9.17) is 4.42 Å². The Morgan fingerprint density at radius 2 is 2.00 bits per heavy atom. The molecule has 3 rings (SSSR count). The molecule has 0 spiro atoms. The maximum absolute atomic E-state index is 12.1. The monoisotopic (exact) mass is 273 g/mol. The maximum atomic E-state index is 12.1. The van der Waals surface area contributed by atoms with Gasteiger partial charge < -0.3 is 4.42 Å². The molecule has 0 aliphatic carbocycles. The Kier molecular flexibility index (Phi) is 2.72. The van der Waals surface area contributed by atoms with Gasteiger partial charge in [-0.1, -0.05) is 23.9 Å². The molecule has 6 heteroatoms. The summed E-state index contributed by atoms with van der Waals surface area (Å²) in [5, 5.41) is 10.5. The van der Waals surface area contributed by atoms with Crippen LogP contribution in [0, 0.1) is 10.1 Å². The Balaban J connectivity index is 1.94. The van der Waals surface area contributed by atoms with Gasteiger partial charge in [-0.25, -0.2) is 0 Å². The van der Waals surface area contributed by atoms with Crippen molar-refractivity contribution in [1.82, 2.24) is 0 Å². The molecule has 19 heavy (non-hydrogen) atoms. The van der Waals surface area contributed by atoms with Gasteiger partial charge in [-0.2, -0.15) is 0 Å². The predicted octanol–water partition coefficient (Wildman–Crippen LogP) is 3.52. The highest BCUT2D eigenvalue weighted by Crippen LogP contribution is 2.40. The van der Waals surface area contributed by atoms with Crippen LogP contribution >= 0.6 is 11.8 Å². The molecule has 0 fully saturated rings. The van der Waals surface area contributed by atoms with Gasteiger partial charge in [0.2, 0.25) is 5.78 Å². The Morgan fingerprint density at radius 3 is 2.68 bits per heavy atom. The normalized spacial score (nSPS) is 15.8. The van der Waals surface area contributed by atoms with Crippen molar-refractivity contribution in [2.24, 2.45) is 0 Å². The zero-order valence-corrected chi connectivity index (χ0v) is 10.3. The molecule has 0 saturated heterocycles. The molecule has 94 valence electrons. The molecule has 0 bridgehead atoms. The highest BCUT2D eigenvalue weighted by molar-refractivity contribution is 8.04. The van der Waals surface area contributed by atoms with Crippen molar-refractivity contribution in [2.45, 2.75) is 4.90 Å². The number of rotatable bonds is 2. The number of benzene rings is 1. The fourth-order valence-corrected chi connectivity index (χ4v) is 2.81. The first-order valence-electron chi connectivity index (χ1n) is 5.42. The number of thioether (sulfide) groups is 1. The van der Waals surface area contributed by atoms with Crippen molar-refractivity contribution in [3.8, 4) is 0 Å². The highest BCUT2D eigenvalue weighted by Gasteiger charge is 2.25. The van der Waals surface area contributed by atoms with Crippen LogP contribution in [-0.4, -0.2) is 10.7 Å². The fourth-order valence-electron chi connectivity index (χ4n) is 1.78. The number of carbonyl (C=O) groups excluding carboxylic acids is 1. The van der Waals surface area contributed by atoms with Gasteiger partial charge in [0, 0.05) is 10.5 Å². The molecule has 5 nitrogen and oxygen atoms in total. The van der Waals surface area contributed by atoms with Crippen molar-refractivity contribution in [1.29, 1.82) is 0 Å². The summed E-state index contributed by atoms with van der Waals surface area (Å²) >= 11 is 1.34. The van der Waals surface area contributed by atoms with Crippen LogP contribution in [0.4, 0.5) is 5.88 Å². The van der Waals surface area contributed by atoms with Crippen molar-refractivity contribution in [3.05, 3.63) is 62.7 Å². The second kappa shape index (κ2) is 4.40. The standard InChI is InChI=1S/C13H7NO4S/c15-13-9-3-1-2-4-10(9)19-11(13)7-8-5-6-12(18-8)14(16)17/h1-7H. The maximum Gasteiger partial charge on any atom is 0.433 e. The second-order valence-electron chi connectivity index (χ2n) is 3.87. The smallest absolute Gasteiger partial charge is 0.401 e. The molecule has 0 N–H and O–H groups in total. The van der Waals surface area contributed by atoms with Crippen molar-refractivity contribution < 1.29 is 14.1 Å². The summed E-state index contributed by atoms with van der Waals surface area (Å²) in [7, 11) is 0. The molecule has 1 aromatic carbocycles. The number of nitrogens with zero attached hydrogens (tertiary/aromatic N) is 1. The van der Waals surface area contributed by atoms with Crippen LogP contribution in [0.2, 0.25) is 0 Å². The second-order valence-corrected chi connectivity index (χ2v) is 4.95. The van der Waals surface area contributed by atoms with Crippen LogP contribution in [0.3, 0.4) is 0 Å². The van der Waals surface area contributed by atoms with E-state index in [-0.39, 0.29) is 11.7 Å².